The molecule has 0 amide bonds. The first-order valence-corrected chi connectivity index (χ1v) is 15.1. The average Bonchev–Trinajstić information content (AvgIpc) is 2.95. The van der Waals surface area contributed by atoms with Crippen LogP contribution in [0.2, 0.25) is 0 Å². The van der Waals surface area contributed by atoms with Gasteiger partial charge in [-0.15, -0.1) is 0 Å². The van der Waals surface area contributed by atoms with Crippen LogP contribution < -0.4 is 0 Å². The van der Waals surface area contributed by atoms with Crippen LogP contribution in [0, 0.1) is 5.41 Å². The van der Waals surface area contributed by atoms with Crippen molar-refractivity contribution in [2.45, 2.75) is 92.4 Å². The van der Waals surface area contributed by atoms with E-state index in [1.807, 2.05) is 38.1 Å². The molecule has 1 unspecified atom stereocenters. The number of phenols is 2. The molecule has 4 rings (SSSR count). The van der Waals surface area contributed by atoms with Crippen molar-refractivity contribution >= 4 is 0 Å². The topological polar surface area (TPSA) is 40.5 Å². The number of aromatic hydroxyl groups is 2. The van der Waals surface area contributed by atoms with Gasteiger partial charge in [-0.05, 0) is 57.3 Å². The third-order valence-electron chi connectivity index (χ3n) is 8.57. The molecule has 2 heteroatoms. The molecular formula is C39H50O2. The molecule has 0 aromatic heterocycles. The SMILES string of the molecule is CC.CCc1cc(C(C)(C)c2ccc(C(C)(C)c3ccc(O)c(C(c4ccccc4)C(C)(C)C)c3)cc2)ccc1O. The van der Waals surface area contributed by atoms with Gasteiger partial charge in [-0.2, -0.15) is 0 Å². The Kier molecular flexibility index (Phi) is 9.80. The molecule has 0 spiro atoms. The van der Waals surface area contributed by atoms with Gasteiger partial charge in [0.05, 0.1) is 0 Å². The summed E-state index contributed by atoms with van der Waals surface area (Å²) in [6.45, 7) is 21.8. The lowest BCUT2D eigenvalue weighted by molar-refractivity contribution is 0.347. The number of aryl methyl sites for hydroxylation is 1. The van der Waals surface area contributed by atoms with Crippen molar-refractivity contribution in [1.29, 1.82) is 0 Å². The van der Waals surface area contributed by atoms with Crippen molar-refractivity contribution in [3.8, 4) is 11.5 Å². The molecule has 0 radical (unpaired) electrons. The van der Waals surface area contributed by atoms with Gasteiger partial charge in [0.1, 0.15) is 11.5 Å². The van der Waals surface area contributed by atoms with Gasteiger partial charge in [-0.25, -0.2) is 0 Å². The Bertz CT molecular complexity index is 1420. The van der Waals surface area contributed by atoms with Crippen LogP contribution in [0.5, 0.6) is 11.5 Å². The summed E-state index contributed by atoms with van der Waals surface area (Å²) < 4.78 is 0. The first-order valence-electron chi connectivity index (χ1n) is 15.1. The maximum absolute atomic E-state index is 11.0. The van der Waals surface area contributed by atoms with E-state index in [0.717, 1.165) is 17.5 Å². The first kappa shape index (κ1) is 32.0. The van der Waals surface area contributed by atoms with Crippen LogP contribution in [0.4, 0.5) is 0 Å². The smallest absolute Gasteiger partial charge is 0.119 e. The van der Waals surface area contributed by atoms with E-state index in [-0.39, 0.29) is 22.2 Å². The zero-order valence-corrected chi connectivity index (χ0v) is 26.8. The average molecular weight is 551 g/mol. The molecule has 0 aliphatic rings. The molecule has 0 aliphatic carbocycles. The van der Waals surface area contributed by atoms with Crippen molar-refractivity contribution in [2.75, 3.05) is 0 Å². The maximum Gasteiger partial charge on any atom is 0.119 e. The lowest BCUT2D eigenvalue weighted by Gasteiger charge is -2.34. The van der Waals surface area contributed by atoms with Crippen molar-refractivity contribution in [2.24, 2.45) is 5.41 Å². The maximum atomic E-state index is 11.0. The Balaban J connectivity index is 0.00000226. The number of rotatable bonds is 7. The third kappa shape index (κ3) is 6.70. The van der Waals surface area contributed by atoms with E-state index in [1.54, 1.807) is 0 Å². The molecule has 0 saturated heterocycles. The van der Waals surface area contributed by atoms with Crippen molar-refractivity contribution < 1.29 is 10.2 Å². The Morgan fingerprint density at radius 2 is 1.00 bits per heavy atom. The zero-order chi connectivity index (χ0) is 30.6. The van der Waals surface area contributed by atoms with Crippen LogP contribution in [0.1, 0.15) is 114 Å². The number of hydrogen-bond donors (Lipinski definition) is 2. The second-order valence-corrected chi connectivity index (χ2v) is 13.0. The lowest BCUT2D eigenvalue weighted by atomic mass is 9.70. The quantitative estimate of drug-likeness (QED) is 0.240. The van der Waals surface area contributed by atoms with Gasteiger partial charge in [0, 0.05) is 22.3 Å². The highest BCUT2D eigenvalue weighted by molar-refractivity contribution is 5.50. The minimum absolute atomic E-state index is 0.0657. The van der Waals surface area contributed by atoms with E-state index < -0.39 is 0 Å². The van der Waals surface area contributed by atoms with Gasteiger partial charge in [-0.3, -0.25) is 0 Å². The molecule has 41 heavy (non-hydrogen) atoms. The highest BCUT2D eigenvalue weighted by atomic mass is 16.3. The summed E-state index contributed by atoms with van der Waals surface area (Å²) in [7, 11) is 0. The summed E-state index contributed by atoms with van der Waals surface area (Å²) in [5, 5.41) is 21.2. The molecule has 218 valence electrons. The Labute approximate surface area is 249 Å². The molecule has 0 saturated carbocycles. The van der Waals surface area contributed by atoms with Crippen molar-refractivity contribution in [1.82, 2.24) is 0 Å². The van der Waals surface area contributed by atoms with Crippen LogP contribution in [0.25, 0.3) is 0 Å². The third-order valence-corrected chi connectivity index (χ3v) is 8.57. The molecule has 0 aliphatic heterocycles. The van der Waals surface area contributed by atoms with Crippen molar-refractivity contribution in [3.05, 3.63) is 130 Å². The second-order valence-electron chi connectivity index (χ2n) is 13.0. The zero-order valence-electron chi connectivity index (χ0n) is 26.8. The standard InChI is InChI=1S/C37H44O2.C2H6/c1-9-25-23-29(19-21-32(25)38)36(5,6)27-15-17-28(18-16-27)37(7,8)30-20-22-33(39)31(24-30)34(35(2,3)4)26-13-11-10-12-14-26;1-2/h10-24,34,38-39H,9H2,1-8H3;1-2H3. The Hall–Kier alpha value is -3.52. The van der Waals surface area contributed by atoms with Gasteiger partial charge < -0.3 is 10.2 Å². The fraction of sp³-hybridized carbons (Fsp3) is 0.385. The molecule has 0 bridgehead atoms. The first-order chi connectivity index (χ1) is 19.3. The Morgan fingerprint density at radius 1 is 0.561 bits per heavy atom. The fourth-order valence-electron chi connectivity index (χ4n) is 5.86. The predicted octanol–water partition coefficient (Wildman–Crippen LogP) is 10.5. The molecular weight excluding hydrogens is 500 g/mol. The van der Waals surface area contributed by atoms with E-state index in [2.05, 4.69) is 122 Å². The largest absolute Gasteiger partial charge is 0.508 e. The summed E-state index contributed by atoms with van der Waals surface area (Å²) in [5.74, 6) is 0.773. The fourth-order valence-corrected chi connectivity index (χ4v) is 5.86. The predicted molar refractivity (Wildman–Crippen MR) is 175 cm³/mol. The Morgan fingerprint density at radius 3 is 1.46 bits per heavy atom. The van der Waals surface area contributed by atoms with Crippen LogP contribution in [0.15, 0.2) is 91.0 Å². The molecule has 4 aromatic carbocycles. The van der Waals surface area contributed by atoms with Crippen LogP contribution >= 0.6 is 0 Å². The monoisotopic (exact) mass is 550 g/mol. The van der Waals surface area contributed by atoms with Crippen LogP contribution in [-0.4, -0.2) is 10.2 Å². The van der Waals surface area contributed by atoms with Gasteiger partial charge in [0.15, 0.2) is 0 Å². The molecule has 2 nitrogen and oxygen atoms in total. The summed E-state index contributed by atoms with van der Waals surface area (Å²) in [4.78, 5) is 0. The van der Waals surface area contributed by atoms with Gasteiger partial charge in [-0.1, -0.05) is 148 Å². The van der Waals surface area contributed by atoms with Gasteiger partial charge >= 0.3 is 0 Å². The highest BCUT2D eigenvalue weighted by Crippen LogP contribution is 2.46. The van der Waals surface area contributed by atoms with E-state index in [9.17, 15) is 10.2 Å². The van der Waals surface area contributed by atoms with Gasteiger partial charge in [0.25, 0.3) is 0 Å². The van der Waals surface area contributed by atoms with Crippen molar-refractivity contribution in [3.63, 3.8) is 0 Å². The number of benzene rings is 4. The highest BCUT2D eigenvalue weighted by Gasteiger charge is 2.32. The molecule has 1 atom stereocenters. The minimum Gasteiger partial charge on any atom is -0.508 e. The minimum atomic E-state index is -0.252. The van der Waals surface area contributed by atoms with Gasteiger partial charge in [0.2, 0.25) is 0 Å². The van der Waals surface area contributed by atoms with Crippen LogP contribution in [0.3, 0.4) is 0 Å². The normalized spacial score (nSPS) is 12.8. The number of hydrogen-bond acceptors (Lipinski definition) is 2. The van der Waals surface area contributed by atoms with Crippen LogP contribution in [-0.2, 0) is 17.3 Å². The second kappa shape index (κ2) is 12.6. The molecule has 0 heterocycles. The van der Waals surface area contributed by atoms with E-state index in [0.29, 0.717) is 11.5 Å². The summed E-state index contributed by atoms with van der Waals surface area (Å²) >= 11 is 0. The summed E-state index contributed by atoms with van der Waals surface area (Å²) in [6.07, 6.45) is 0.803. The van der Waals surface area contributed by atoms with E-state index in [1.165, 1.54) is 27.8 Å². The summed E-state index contributed by atoms with van der Waals surface area (Å²) in [5.41, 5.74) is 7.48. The number of phenolic OH excluding ortho intramolecular Hbond substituents is 2. The molecule has 0 fully saturated rings. The van der Waals surface area contributed by atoms with E-state index >= 15 is 0 Å². The molecule has 4 aromatic rings. The lowest BCUT2D eigenvalue weighted by Crippen LogP contribution is -2.23. The molecule has 2 N–H and O–H groups in total. The van der Waals surface area contributed by atoms with E-state index in [4.69, 9.17) is 0 Å². The summed E-state index contributed by atoms with van der Waals surface area (Å²) in [6, 6.07) is 31.6.